The largest absolute Gasteiger partial charge is 0.354 e. The highest BCUT2D eigenvalue weighted by atomic mass is 32.2. The lowest BCUT2D eigenvalue weighted by molar-refractivity contribution is -0.127. The molecule has 3 nitrogen and oxygen atoms in total. The van der Waals surface area contributed by atoms with Gasteiger partial charge in [-0.25, -0.2) is 0 Å². The van der Waals surface area contributed by atoms with Gasteiger partial charge in [-0.3, -0.25) is 4.79 Å². The van der Waals surface area contributed by atoms with Crippen LogP contribution in [0, 0.1) is 17.8 Å². The van der Waals surface area contributed by atoms with Gasteiger partial charge in [-0.05, 0) is 56.1 Å². The van der Waals surface area contributed by atoms with Gasteiger partial charge in [-0.2, -0.15) is 0 Å². The Balaban J connectivity index is 1.34. The molecule has 0 spiro atoms. The summed E-state index contributed by atoms with van der Waals surface area (Å²) in [6, 6.07) is 10.6. The maximum absolute atomic E-state index is 12.6. The molecule has 4 rings (SSSR count). The summed E-state index contributed by atoms with van der Waals surface area (Å²) in [5, 5.41) is 3.22. The second-order valence-corrected chi connectivity index (χ2v) is 8.79. The van der Waals surface area contributed by atoms with Crippen LogP contribution in [0.2, 0.25) is 0 Å². The molecule has 2 bridgehead atoms. The van der Waals surface area contributed by atoms with E-state index >= 15 is 0 Å². The monoisotopic (exact) mass is 316 g/mol. The summed E-state index contributed by atoms with van der Waals surface area (Å²) >= 11 is 1.91. The summed E-state index contributed by atoms with van der Waals surface area (Å²) in [5.41, 5.74) is 6.28. The summed E-state index contributed by atoms with van der Waals surface area (Å²) < 4.78 is 0.221. The van der Waals surface area contributed by atoms with Gasteiger partial charge in [0.2, 0.25) is 5.91 Å². The summed E-state index contributed by atoms with van der Waals surface area (Å²) in [6.07, 6.45) is 5.97. The number of thioether (sulfide) groups is 1. The number of rotatable bonds is 5. The topological polar surface area (TPSA) is 55.1 Å². The minimum atomic E-state index is 0.0660. The van der Waals surface area contributed by atoms with Crippen LogP contribution in [0.1, 0.15) is 32.1 Å². The zero-order chi connectivity index (χ0) is 15.2. The molecule has 3 fully saturated rings. The van der Waals surface area contributed by atoms with Gasteiger partial charge in [0.05, 0.1) is 5.92 Å². The smallest absolute Gasteiger partial charge is 0.225 e. The van der Waals surface area contributed by atoms with Crippen molar-refractivity contribution in [2.75, 3.05) is 6.54 Å². The minimum Gasteiger partial charge on any atom is -0.354 e. The maximum atomic E-state index is 12.6. The summed E-state index contributed by atoms with van der Waals surface area (Å²) in [4.78, 5) is 13.9. The Hall–Kier alpha value is -1.00. The van der Waals surface area contributed by atoms with Crippen molar-refractivity contribution < 1.29 is 4.79 Å². The predicted octanol–water partition coefficient (Wildman–Crippen LogP) is 2.80. The number of amides is 1. The Morgan fingerprint density at radius 3 is 2.59 bits per heavy atom. The van der Waals surface area contributed by atoms with E-state index < -0.39 is 0 Å². The first kappa shape index (κ1) is 14.6. The highest BCUT2D eigenvalue weighted by Gasteiger charge is 2.50. The molecule has 1 aromatic rings. The number of nitrogens with one attached hydrogen (secondary N) is 1. The summed E-state index contributed by atoms with van der Waals surface area (Å²) in [7, 11) is 0. The van der Waals surface area contributed by atoms with E-state index in [9.17, 15) is 4.79 Å². The van der Waals surface area contributed by atoms with Gasteiger partial charge in [0, 0.05) is 22.2 Å². The number of nitrogens with two attached hydrogens (primary N) is 1. The molecule has 0 radical (unpaired) electrons. The molecule has 3 saturated carbocycles. The number of carbonyl (C=O) groups is 1. The second-order valence-electron chi connectivity index (χ2n) is 7.25. The maximum Gasteiger partial charge on any atom is 0.225 e. The third kappa shape index (κ3) is 2.67. The molecular formula is C18H24N2OS. The normalized spacial score (nSPS) is 34.6. The third-order valence-electron chi connectivity index (χ3n) is 5.75. The van der Waals surface area contributed by atoms with Crippen molar-refractivity contribution in [3.63, 3.8) is 0 Å². The Morgan fingerprint density at radius 2 is 1.95 bits per heavy atom. The van der Waals surface area contributed by atoms with Gasteiger partial charge < -0.3 is 11.1 Å². The van der Waals surface area contributed by atoms with E-state index in [4.69, 9.17) is 5.73 Å². The van der Waals surface area contributed by atoms with E-state index in [2.05, 4.69) is 29.6 Å². The van der Waals surface area contributed by atoms with Gasteiger partial charge in [-0.1, -0.05) is 18.2 Å². The molecule has 22 heavy (non-hydrogen) atoms. The fourth-order valence-electron chi connectivity index (χ4n) is 4.28. The Morgan fingerprint density at radius 1 is 1.23 bits per heavy atom. The van der Waals surface area contributed by atoms with Crippen molar-refractivity contribution in [1.29, 1.82) is 0 Å². The van der Waals surface area contributed by atoms with Crippen molar-refractivity contribution in [2.24, 2.45) is 23.5 Å². The van der Waals surface area contributed by atoms with E-state index in [0.717, 1.165) is 6.54 Å². The van der Waals surface area contributed by atoms with E-state index in [-0.39, 0.29) is 22.6 Å². The van der Waals surface area contributed by atoms with Crippen LogP contribution < -0.4 is 11.1 Å². The summed E-state index contributed by atoms with van der Waals surface area (Å²) in [6.45, 7) is 0.784. The molecule has 0 aromatic heterocycles. The van der Waals surface area contributed by atoms with Crippen LogP contribution in [0.3, 0.4) is 0 Å². The molecule has 3 aliphatic carbocycles. The molecular weight excluding hydrogens is 292 g/mol. The average molecular weight is 316 g/mol. The first-order chi connectivity index (χ1) is 10.7. The van der Waals surface area contributed by atoms with Crippen molar-refractivity contribution >= 4 is 17.7 Å². The molecule has 0 aliphatic heterocycles. The third-order valence-corrected chi connectivity index (χ3v) is 7.25. The fourth-order valence-corrected chi connectivity index (χ4v) is 5.53. The highest BCUT2D eigenvalue weighted by molar-refractivity contribution is 8.01. The van der Waals surface area contributed by atoms with E-state index in [1.807, 2.05) is 17.8 Å². The SMILES string of the molecule is NC1C2CCC(C2)C1C(=O)NCC1(Sc2ccccc2)CC1. The summed E-state index contributed by atoms with van der Waals surface area (Å²) in [5.74, 6) is 1.40. The van der Waals surface area contributed by atoms with Gasteiger partial charge >= 0.3 is 0 Å². The second kappa shape index (κ2) is 5.57. The van der Waals surface area contributed by atoms with E-state index in [1.54, 1.807) is 0 Å². The van der Waals surface area contributed by atoms with Crippen molar-refractivity contribution in [3.05, 3.63) is 30.3 Å². The van der Waals surface area contributed by atoms with Crippen LogP contribution >= 0.6 is 11.8 Å². The molecule has 1 aromatic carbocycles. The van der Waals surface area contributed by atoms with Gasteiger partial charge in [0.15, 0.2) is 0 Å². The number of carbonyl (C=O) groups excluding carboxylic acids is 1. The van der Waals surface area contributed by atoms with Crippen LogP contribution in [-0.2, 0) is 4.79 Å². The molecule has 4 heteroatoms. The standard InChI is InChI=1S/C18H24N2OS/c19-16-13-7-6-12(10-13)15(16)17(21)20-11-18(8-9-18)22-14-4-2-1-3-5-14/h1-5,12-13,15-16H,6-11,19H2,(H,20,21). The molecule has 0 heterocycles. The zero-order valence-electron chi connectivity index (χ0n) is 12.8. The first-order valence-electron chi connectivity index (χ1n) is 8.44. The molecule has 3 N–H and O–H groups in total. The lowest BCUT2D eigenvalue weighted by Gasteiger charge is -2.28. The quantitative estimate of drug-likeness (QED) is 0.878. The first-order valence-corrected chi connectivity index (χ1v) is 9.26. The van der Waals surface area contributed by atoms with Crippen molar-refractivity contribution in [2.45, 2.75) is 47.8 Å². The van der Waals surface area contributed by atoms with Crippen LogP contribution in [0.25, 0.3) is 0 Å². The van der Waals surface area contributed by atoms with Gasteiger partial charge in [0.1, 0.15) is 0 Å². The van der Waals surface area contributed by atoms with Crippen LogP contribution in [0.4, 0.5) is 0 Å². The Bertz CT molecular complexity index is 555. The number of fused-ring (bicyclic) bond motifs is 2. The van der Waals surface area contributed by atoms with Crippen molar-refractivity contribution in [1.82, 2.24) is 5.32 Å². The van der Waals surface area contributed by atoms with Gasteiger partial charge in [0.25, 0.3) is 0 Å². The van der Waals surface area contributed by atoms with Crippen LogP contribution in [-0.4, -0.2) is 23.2 Å². The minimum absolute atomic E-state index is 0.0660. The van der Waals surface area contributed by atoms with Crippen LogP contribution in [0.15, 0.2) is 35.2 Å². The molecule has 4 atom stereocenters. The zero-order valence-corrected chi connectivity index (χ0v) is 13.6. The van der Waals surface area contributed by atoms with E-state index in [1.165, 1.54) is 37.0 Å². The number of hydrogen-bond acceptors (Lipinski definition) is 3. The highest BCUT2D eigenvalue weighted by Crippen LogP contribution is 2.51. The van der Waals surface area contributed by atoms with E-state index in [0.29, 0.717) is 11.8 Å². The average Bonchev–Trinajstić information content (AvgIpc) is 3.00. The van der Waals surface area contributed by atoms with Crippen molar-refractivity contribution in [3.8, 4) is 0 Å². The number of benzene rings is 1. The molecule has 0 saturated heterocycles. The predicted molar refractivity (Wildman–Crippen MR) is 89.6 cm³/mol. The molecule has 118 valence electrons. The Labute approximate surface area is 136 Å². The fraction of sp³-hybridized carbons (Fsp3) is 0.611. The van der Waals surface area contributed by atoms with Crippen LogP contribution in [0.5, 0.6) is 0 Å². The lowest BCUT2D eigenvalue weighted by atomic mass is 9.84. The van der Waals surface area contributed by atoms with Gasteiger partial charge in [-0.15, -0.1) is 11.8 Å². The molecule has 3 aliphatic rings. The Kier molecular flexibility index (Phi) is 3.69. The molecule has 4 unspecified atom stereocenters. The lowest BCUT2D eigenvalue weighted by Crippen LogP contribution is -2.46. The molecule has 1 amide bonds. The number of hydrogen-bond donors (Lipinski definition) is 2.